The van der Waals surface area contributed by atoms with Crippen LogP contribution in [0.4, 0.5) is 5.69 Å². The van der Waals surface area contributed by atoms with Gasteiger partial charge in [0.15, 0.2) is 17.5 Å². The van der Waals surface area contributed by atoms with Crippen LogP contribution < -0.4 is 20.1 Å². The average molecular weight is 392 g/mol. The minimum atomic E-state index is -0.715. The predicted octanol–water partition coefficient (Wildman–Crippen LogP) is 3.86. The number of nitrogens with zero attached hydrogens (tertiary/aromatic N) is 1. The first-order valence-corrected chi connectivity index (χ1v) is 9.24. The second kappa shape index (κ2) is 10.6. The van der Waals surface area contributed by atoms with Gasteiger partial charge in [0, 0.05) is 23.3 Å². The maximum atomic E-state index is 10.3. The molecule has 0 fully saturated rings. The van der Waals surface area contributed by atoms with E-state index in [0.717, 1.165) is 11.3 Å². The molecule has 3 N–H and O–H groups in total. The Balaban J connectivity index is 2.10. The number of methoxy groups -OCH3 is 1. The molecule has 2 aromatic carbocycles. The number of halogens is 1. The Kier molecular flexibility index (Phi) is 8.23. The number of guanidine groups is 1. The molecule has 0 bridgehead atoms. The van der Waals surface area contributed by atoms with Crippen LogP contribution in [0, 0.1) is 0 Å². The van der Waals surface area contributed by atoms with Crippen LogP contribution in [-0.4, -0.2) is 37.9 Å². The zero-order valence-electron chi connectivity index (χ0n) is 15.8. The number of nitrogens with one attached hydrogen (secondary N) is 2. The SMILES string of the molecule is CCNC(=NCC(O)c1ccc(Cl)cc1)Nc1ccc(OC)c(OCC)c1. The number of rotatable bonds is 8. The first-order chi connectivity index (χ1) is 13.1. The second-order valence-electron chi connectivity index (χ2n) is 5.71. The molecule has 0 aliphatic carbocycles. The van der Waals surface area contributed by atoms with Crippen LogP contribution in [0.15, 0.2) is 47.5 Å². The van der Waals surface area contributed by atoms with Crippen LogP contribution in [0.2, 0.25) is 5.02 Å². The van der Waals surface area contributed by atoms with Gasteiger partial charge in [-0.05, 0) is 43.7 Å². The normalized spacial score (nSPS) is 12.4. The van der Waals surface area contributed by atoms with Crippen molar-refractivity contribution in [3.8, 4) is 11.5 Å². The topological polar surface area (TPSA) is 75.1 Å². The van der Waals surface area contributed by atoms with Crippen molar-refractivity contribution in [2.24, 2.45) is 4.99 Å². The van der Waals surface area contributed by atoms with Gasteiger partial charge in [0.25, 0.3) is 0 Å². The lowest BCUT2D eigenvalue weighted by Gasteiger charge is -2.15. The minimum Gasteiger partial charge on any atom is -0.493 e. The van der Waals surface area contributed by atoms with Crippen molar-refractivity contribution in [2.75, 3.05) is 32.1 Å². The molecule has 0 amide bonds. The Morgan fingerprint density at radius 2 is 1.89 bits per heavy atom. The van der Waals surface area contributed by atoms with E-state index in [4.69, 9.17) is 21.1 Å². The van der Waals surface area contributed by atoms with Crippen molar-refractivity contribution in [1.29, 1.82) is 0 Å². The third-order valence-electron chi connectivity index (χ3n) is 3.75. The first-order valence-electron chi connectivity index (χ1n) is 8.87. The maximum Gasteiger partial charge on any atom is 0.195 e. The lowest BCUT2D eigenvalue weighted by Crippen LogP contribution is -2.31. The molecule has 0 radical (unpaired) electrons. The quantitative estimate of drug-likeness (QED) is 0.470. The highest BCUT2D eigenvalue weighted by atomic mass is 35.5. The summed E-state index contributed by atoms with van der Waals surface area (Å²) in [5.74, 6) is 1.89. The Hall–Kier alpha value is -2.44. The fourth-order valence-electron chi connectivity index (χ4n) is 2.43. The largest absolute Gasteiger partial charge is 0.493 e. The van der Waals surface area contributed by atoms with Gasteiger partial charge >= 0.3 is 0 Å². The molecule has 2 rings (SSSR count). The molecule has 2 aromatic rings. The Morgan fingerprint density at radius 3 is 2.52 bits per heavy atom. The molecule has 27 heavy (non-hydrogen) atoms. The van der Waals surface area contributed by atoms with Crippen molar-refractivity contribution in [3.63, 3.8) is 0 Å². The molecule has 0 aromatic heterocycles. The molecule has 0 heterocycles. The van der Waals surface area contributed by atoms with Gasteiger partial charge in [0.1, 0.15) is 0 Å². The molecule has 0 spiro atoms. The van der Waals surface area contributed by atoms with Crippen molar-refractivity contribution in [3.05, 3.63) is 53.1 Å². The summed E-state index contributed by atoms with van der Waals surface area (Å²) >= 11 is 5.88. The minimum absolute atomic E-state index is 0.214. The van der Waals surface area contributed by atoms with E-state index >= 15 is 0 Å². The van der Waals surface area contributed by atoms with Crippen molar-refractivity contribution >= 4 is 23.2 Å². The van der Waals surface area contributed by atoms with Gasteiger partial charge < -0.3 is 25.2 Å². The summed E-state index contributed by atoms with van der Waals surface area (Å²) in [6.07, 6.45) is -0.715. The third-order valence-corrected chi connectivity index (χ3v) is 4.00. The van der Waals surface area contributed by atoms with Crippen LogP contribution >= 0.6 is 11.6 Å². The van der Waals surface area contributed by atoms with Gasteiger partial charge in [-0.3, -0.25) is 0 Å². The van der Waals surface area contributed by atoms with E-state index in [1.165, 1.54) is 0 Å². The smallest absolute Gasteiger partial charge is 0.195 e. The summed E-state index contributed by atoms with van der Waals surface area (Å²) in [5, 5.41) is 17.3. The molecule has 146 valence electrons. The van der Waals surface area contributed by atoms with Crippen LogP contribution in [-0.2, 0) is 0 Å². The molecule has 0 aliphatic rings. The number of aliphatic imine (C=N–C) groups is 1. The molecule has 1 atom stereocenters. The van der Waals surface area contributed by atoms with Gasteiger partial charge in [-0.15, -0.1) is 0 Å². The molecular weight excluding hydrogens is 366 g/mol. The summed E-state index contributed by atoms with van der Waals surface area (Å²) in [6.45, 7) is 5.35. The highest BCUT2D eigenvalue weighted by Crippen LogP contribution is 2.30. The summed E-state index contributed by atoms with van der Waals surface area (Å²) in [5.41, 5.74) is 1.57. The van der Waals surface area contributed by atoms with E-state index in [1.807, 2.05) is 32.0 Å². The monoisotopic (exact) mass is 391 g/mol. The van der Waals surface area contributed by atoms with Crippen LogP contribution in [0.3, 0.4) is 0 Å². The molecule has 1 unspecified atom stereocenters. The number of hydrogen-bond acceptors (Lipinski definition) is 4. The second-order valence-corrected chi connectivity index (χ2v) is 6.15. The fourth-order valence-corrected chi connectivity index (χ4v) is 2.56. The van der Waals surface area contributed by atoms with Crippen molar-refractivity contribution in [1.82, 2.24) is 5.32 Å². The lowest BCUT2D eigenvalue weighted by atomic mass is 10.1. The van der Waals surface area contributed by atoms with Crippen molar-refractivity contribution in [2.45, 2.75) is 20.0 Å². The molecule has 0 saturated heterocycles. The molecule has 0 aliphatic heterocycles. The summed E-state index contributed by atoms with van der Waals surface area (Å²) in [4.78, 5) is 4.47. The lowest BCUT2D eigenvalue weighted by molar-refractivity contribution is 0.187. The maximum absolute atomic E-state index is 10.3. The zero-order chi connectivity index (χ0) is 19.6. The van der Waals surface area contributed by atoms with Crippen LogP contribution in [0.5, 0.6) is 11.5 Å². The molecule has 6 nitrogen and oxygen atoms in total. The van der Waals surface area contributed by atoms with Crippen LogP contribution in [0.25, 0.3) is 0 Å². The standard InChI is InChI=1S/C20H26ClN3O3/c1-4-22-20(23-13-17(25)14-6-8-15(21)9-7-14)24-16-10-11-18(26-3)19(12-16)27-5-2/h6-12,17,25H,4-5,13H2,1-3H3,(H2,22,23,24). The highest BCUT2D eigenvalue weighted by Gasteiger charge is 2.09. The first kappa shape index (κ1) is 20.9. The van der Waals surface area contributed by atoms with Gasteiger partial charge in [-0.2, -0.15) is 0 Å². The van der Waals surface area contributed by atoms with Crippen molar-refractivity contribution < 1.29 is 14.6 Å². The number of aliphatic hydroxyl groups excluding tert-OH is 1. The van der Waals surface area contributed by atoms with E-state index in [-0.39, 0.29) is 6.54 Å². The van der Waals surface area contributed by atoms with Gasteiger partial charge in [0.05, 0.1) is 26.4 Å². The highest BCUT2D eigenvalue weighted by molar-refractivity contribution is 6.30. The van der Waals surface area contributed by atoms with E-state index in [2.05, 4.69) is 15.6 Å². The number of hydrogen-bond donors (Lipinski definition) is 3. The predicted molar refractivity (Wildman–Crippen MR) is 110 cm³/mol. The van der Waals surface area contributed by atoms with Gasteiger partial charge in [-0.1, -0.05) is 23.7 Å². The fraction of sp³-hybridized carbons (Fsp3) is 0.350. The Morgan fingerprint density at radius 1 is 1.15 bits per heavy atom. The molecular formula is C20H26ClN3O3. The van der Waals surface area contributed by atoms with Gasteiger partial charge in [-0.25, -0.2) is 4.99 Å². The number of ether oxygens (including phenoxy) is 2. The summed E-state index contributed by atoms with van der Waals surface area (Å²) in [7, 11) is 1.61. The van der Waals surface area contributed by atoms with E-state index in [0.29, 0.717) is 35.6 Å². The summed E-state index contributed by atoms with van der Waals surface area (Å²) < 4.78 is 10.9. The van der Waals surface area contributed by atoms with E-state index in [9.17, 15) is 5.11 Å². The Bertz CT molecular complexity index is 751. The number of anilines is 1. The number of benzene rings is 2. The third kappa shape index (κ3) is 6.34. The zero-order valence-corrected chi connectivity index (χ0v) is 16.6. The van der Waals surface area contributed by atoms with E-state index in [1.54, 1.807) is 31.4 Å². The molecule has 0 saturated carbocycles. The number of aliphatic hydroxyl groups is 1. The molecule has 7 heteroatoms. The van der Waals surface area contributed by atoms with Gasteiger partial charge in [0.2, 0.25) is 0 Å². The van der Waals surface area contributed by atoms with Crippen LogP contribution in [0.1, 0.15) is 25.5 Å². The average Bonchev–Trinajstić information content (AvgIpc) is 2.67. The summed E-state index contributed by atoms with van der Waals surface area (Å²) in [6, 6.07) is 12.6. The Labute approximate surface area is 165 Å². The van der Waals surface area contributed by atoms with E-state index < -0.39 is 6.10 Å².